The van der Waals surface area contributed by atoms with Gasteiger partial charge >= 0.3 is 12.0 Å². The van der Waals surface area contributed by atoms with Crippen molar-refractivity contribution in [3.8, 4) is 0 Å². The minimum Gasteiger partial charge on any atom is -0.464 e. The molecule has 2 amide bonds. The topological polar surface area (TPSA) is 67.8 Å². The summed E-state index contributed by atoms with van der Waals surface area (Å²) < 4.78 is 4.71. The fourth-order valence-corrected chi connectivity index (χ4v) is 0.588. The van der Waals surface area contributed by atoms with Gasteiger partial charge in [0.05, 0.1) is 6.54 Å². The number of ether oxygens (including phenoxy) is 1. The maximum atomic E-state index is 10.7. The van der Waals surface area contributed by atoms with Crippen molar-refractivity contribution in [3.05, 3.63) is 0 Å². The van der Waals surface area contributed by atoms with Crippen molar-refractivity contribution < 1.29 is 14.3 Å². The molecule has 0 unspecified atom stereocenters. The quantitative estimate of drug-likeness (QED) is 0.400. The fourth-order valence-electron chi connectivity index (χ4n) is 0.588. The highest BCUT2D eigenvalue weighted by Gasteiger charge is 1.98. The molecule has 0 saturated carbocycles. The second-order valence-corrected chi connectivity index (χ2v) is 2.19. The standard InChI is InChI=1S/C8H14N2O3/c1-3-7(11)13-6-5-10-8(12)9-4-2/h4H,3,5-6H2,1-2H3,(H,10,12). The number of esters is 1. The van der Waals surface area contributed by atoms with Gasteiger partial charge in [0.15, 0.2) is 0 Å². The van der Waals surface area contributed by atoms with Crippen molar-refractivity contribution in [2.24, 2.45) is 4.99 Å². The van der Waals surface area contributed by atoms with Crippen LogP contribution in [0.1, 0.15) is 20.3 Å². The molecule has 1 N–H and O–H groups in total. The van der Waals surface area contributed by atoms with E-state index in [-0.39, 0.29) is 12.6 Å². The smallest absolute Gasteiger partial charge is 0.340 e. The Kier molecular flexibility index (Phi) is 6.49. The molecule has 0 aliphatic heterocycles. The third-order valence-corrected chi connectivity index (χ3v) is 1.18. The first kappa shape index (κ1) is 11.6. The van der Waals surface area contributed by atoms with E-state index in [2.05, 4.69) is 10.3 Å². The summed E-state index contributed by atoms with van der Waals surface area (Å²) in [5.74, 6) is -0.270. The molecule has 5 nitrogen and oxygen atoms in total. The summed E-state index contributed by atoms with van der Waals surface area (Å²) in [7, 11) is 0. The molecule has 0 heterocycles. The Morgan fingerprint density at radius 2 is 2.23 bits per heavy atom. The molecule has 0 atom stereocenters. The molecule has 0 aliphatic carbocycles. The molecule has 13 heavy (non-hydrogen) atoms. The lowest BCUT2D eigenvalue weighted by Crippen LogP contribution is -2.25. The molecular formula is C8H14N2O3. The SMILES string of the molecule is CC=NC(=O)NCCOC(=O)CC. The second kappa shape index (κ2) is 7.27. The monoisotopic (exact) mass is 186 g/mol. The predicted molar refractivity (Wildman–Crippen MR) is 48.8 cm³/mol. The summed E-state index contributed by atoms with van der Waals surface area (Å²) in [6, 6.07) is -0.421. The molecule has 0 fully saturated rings. The van der Waals surface area contributed by atoms with E-state index in [1.165, 1.54) is 6.21 Å². The van der Waals surface area contributed by atoms with Crippen LogP contribution in [0.15, 0.2) is 4.99 Å². The molecular weight excluding hydrogens is 172 g/mol. The van der Waals surface area contributed by atoms with Crippen LogP contribution in [0.25, 0.3) is 0 Å². The Labute approximate surface area is 77.2 Å². The predicted octanol–water partition coefficient (Wildman–Crippen LogP) is 0.740. The highest BCUT2D eigenvalue weighted by molar-refractivity contribution is 5.82. The third-order valence-electron chi connectivity index (χ3n) is 1.18. The normalized spacial score (nSPS) is 10.0. The van der Waals surface area contributed by atoms with Crippen molar-refractivity contribution in [2.45, 2.75) is 20.3 Å². The molecule has 0 rings (SSSR count). The first-order valence-electron chi connectivity index (χ1n) is 4.12. The van der Waals surface area contributed by atoms with Gasteiger partial charge in [-0.25, -0.2) is 9.79 Å². The van der Waals surface area contributed by atoms with E-state index in [1.807, 2.05) is 0 Å². The molecule has 0 aliphatic rings. The van der Waals surface area contributed by atoms with E-state index in [1.54, 1.807) is 13.8 Å². The number of hydrogen-bond donors (Lipinski definition) is 1. The first-order valence-corrected chi connectivity index (χ1v) is 4.12. The second-order valence-electron chi connectivity index (χ2n) is 2.19. The van der Waals surface area contributed by atoms with E-state index >= 15 is 0 Å². The molecule has 5 heteroatoms. The number of carbonyl (C=O) groups is 2. The molecule has 0 saturated heterocycles. The average Bonchev–Trinajstić information content (AvgIpc) is 2.12. The molecule has 74 valence electrons. The number of carbonyl (C=O) groups excluding carboxylic acids is 2. The van der Waals surface area contributed by atoms with E-state index in [9.17, 15) is 9.59 Å². The van der Waals surface area contributed by atoms with Gasteiger partial charge in [-0.1, -0.05) is 6.92 Å². The van der Waals surface area contributed by atoms with Crippen LogP contribution in [0.2, 0.25) is 0 Å². The highest BCUT2D eigenvalue weighted by Crippen LogP contribution is 1.82. The third kappa shape index (κ3) is 6.99. The van der Waals surface area contributed by atoms with Crippen molar-refractivity contribution >= 4 is 18.2 Å². The lowest BCUT2D eigenvalue weighted by Gasteiger charge is -2.02. The van der Waals surface area contributed by atoms with Crippen molar-refractivity contribution in [3.63, 3.8) is 0 Å². The summed E-state index contributed by atoms with van der Waals surface area (Å²) in [5, 5.41) is 2.45. The van der Waals surface area contributed by atoms with Crippen molar-refractivity contribution in [1.29, 1.82) is 0 Å². The average molecular weight is 186 g/mol. The summed E-state index contributed by atoms with van der Waals surface area (Å²) in [5.41, 5.74) is 0. The minimum absolute atomic E-state index is 0.192. The van der Waals surface area contributed by atoms with Gasteiger partial charge in [0, 0.05) is 12.6 Å². The molecule has 0 bridgehead atoms. The maximum Gasteiger partial charge on any atom is 0.340 e. The van der Waals surface area contributed by atoms with Crippen molar-refractivity contribution in [1.82, 2.24) is 5.32 Å². The molecule has 0 aromatic heterocycles. The Morgan fingerprint density at radius 3 is 2.77 bits per heavy atom. The van der Waals surface area contributed by atoms with Gasteiger partial charge in [-0.15, -0.1) is 0 Å². The Balaban J connectivity index is 3.35. The lowest BCUT2D eigenvalue weighted by molar-refractivity contribution is -0.143. The van der Waals surface area contributed by atoms with Crippen LogP contribution in [0.4, 0.5) is 4.79 Å². The summed E-state index contributed by atoms with van der Waals surface area (Å²) >= 11 is 0. The number of nitrogens with zero attached hydrogens (tertiary/aromatic N) is 1. The summed E-state index contributed by atoms with van der Waals surface area (Å²) in [6.07, 6.45) is 1.74. The van der Waals surface area contributed by atoms with Crippen LogP contribution >= 0.6 is 0 Å². The zero-order chi connectivity index (χ0) is 10.1. The largest absolute Gasteiger partial charge is 0.464 e. The van der Waals surface area contributed by atoms with Crippen molar-refractivity contribution in [2.75, 3.05) is 13.2 Å². The Bertz CT molecular complexity index is 202. The number of aliphatic imine (C=N–C) groups is 1. The van der Waals surface area contributed by atoms with Gasteiger partial charge < -0.3 is 10.1 Å². The zero-order valence-corrected chi connectivity index (χ0v) is 7.87. The number of nitrogens with one attached hydrogen (secondary N) is 1. The molecule has 0 spiro atoms. The number of amides is 2. The minimum atomic E-state index is -0.421. The van der Waals surface area contributed by atoms with Crippen LogP contribution < -0.4 is 5.32 Å². The number of hydrogen-bond acceptors (Lipinski definition) is 3. The van der Waals surface area contributed by atoms with E-state index in [0.717, 1.165) is 0 Å². The maximum absolute atomic E-state index is 10.7. The first-order chi connectivity index (χ1) is 6.20. The van der Waals surface area contributed by atoms with Gasteiger partial charge in [0.2, 0.25) is 0 Å². The van der Waals surface area contributed by atoms with Gasteiger partial charge in [0.25, 0.3) is 0 Å². The van der Waals surface area contributed by atoms with Crippen LogP contribution in [0.5, 0.6) is 0 Å². The number of rotatable bonds is 4. The van der Waals surface area contributed by atoms with E-state index in [0.29, 0.717) is 13.0 Å². The summed E-state index contributed by atoms with van der Waals surface area (Å²) in [6.45, 7) is 3.85. The molecule has 0 radical (unpaired) electrons. The van der Waals surface area contributed by atoms with Crippen LogP contribution in [0, 0.1) is 0 Å². The van der Waals surface area contributed by atoms with Crippen LogP contribution in [-0.2, 0) is 9.53 Å². The number of urea groups is 1. The highest BCUT2D eigenvalue weighted by atomic mass is 16.5. The fraction of sp³-hybridized carbons (Fsp3) is 0.625. The van der Waals surface area contributed by atoms with E-state index < -0.39 is 6.03 Å². The lowest BCUT2D eigenvalue weighted by atomic mass is 10.5. The molecule has 0 aromatic rings. The Hall–Kier alpha value is -1.39. The van der Waals surface area contributed by atoms with Gasteiger partial charge in [-0.2, -0.15) is 0 Å². The summed E-state index contributed by atoms with van der Waals surface area (Å²) in [4.78, 5) is 24.8. The Morgan fingerprint density at radius 1 is 1.54 bits per heavy atom. The zero-order valence-electron chi connectivity index (χ0n) is 7.87. The van der Waals surface area contributed by atoms with Gasteiger partial charge in [-0.3, -0.25) is 4.79 Å². The van der Waals surface area contributed by atoms with Gasteiger partial charge in [0.1, 0.15) is 6.61 Å². The molecule has 0 aromatic carbocycles. The van der Waals surface area contributed by atoms with Crippen LogP contribution in [-0.4, -0.2) is 31.4 Å². The van der Waals surface area contributed by atoms with E-state index in [4.69, 9.17) is 4.74 Å². The van der Waals surface area contributed by atoms with Gasteiger partial charge in [-0.05, 0) is 6.92 Å². The van der Waals surface area contributed by atoms with Crippen LogP contribution in [0.3, 0.4) is 0 Å².